The van der Waals surface area contributed by atoms with Crippen molar-refractivity contribution in [2.24, 2.45) is 0 Å². The van der Waals surface area contributed by atoms with Gasteiger partial charge in [0.05, 0.1) is 6.54 Å². The summed E-state index contributed by atoms with van der Waals surface area (Å²) >= 11 is 0. The summed E-state index contributed by atoms with van der Waals surface area (Å²) in [6.07, 6.45) is 7.73. The first kappa shape index (κ1) is 14.7. The Morgan fingerprint density at radius 2 is 1.94 bits per heavy atom. The molecule has 18 heavy (non-hydrogen) atoms. The Labute approximate surface area is 115 Å². The fourth-order valence-corrected chi connectivity index (χ4v) is 1.88. The van der Waals surface area contributed by atoms with E-state index in [2.05, 4.69) is 47.2 Å². The maximum atomic E-state index is 4.36. The largest absolute Gasteiger partial charge is 1.00 e. The highest BCUT2D eigenvalue weighted by Crippen LogP contribution is 1.98. The van der Waals surface area contributed by atoms with E-state index in [1.165, 1.54) is 24.8 Å². The van der Waals surface area contributed by atoms with Crippen LogP contribution >= 0.6 is 0 Å². The van der Waals surface area contributed by atoms with E-state index in [0.29, 0.717) is 0 Å². The molecule has 0 aliphatic heterocycles. The van der Waals surface area contributed by atoms with Gasteiger partial charge in [-0.25, -0.2) is 4.57 Å². The molecule has 0 N–H and O–H groups in total. The SMILES string of the molecule is CCCCCn1c[n+](Cc2ccccc2)cn1.[Cl-]. The van der Waals surface area contributed by atoms with Gasteiger partial charge in [0.1, 0.15) is 6.54 Å². The molecule has 0 saturated carbocycles. The second kappa shape index (κ2) is 7.88. The Morgan fingerprint density at radius 1 is 1.17 bits per heavy atom. The first-order valence-electron chi connectivity index (χ1n) is 6.34. The molecule has 0 amide bonds. The van der Waals surface area contributed by atoms with Gasteiger partial charge in [0, 0.05) is 5.10 Å². The lowest BCUT2D eigenvalue weighted by Crippen LogP contribution is -3.00. The molecule has 1 aromatic heterocycles. The Morgan fingerprint density at radius 3 is 2.67 bits per heavy atom. The van der Waals surface area contributed by atoms with Crippen LogP contribution in [0.2, 0.25) is 0 Å². The number of benzene rings is 1. The molecule has 0 spiro atoms. The lowest BCUT2D eigenvalue weighted by Gasteiger charge is -1.96. The predicted octanol–water partition coefficient (Wildman–Crippen LogP) is -0.587. The Bertz CT molecular complexity index is 439. The monoisotopic (exact) mass is 265 g/mol. The van der Waals surface area contributed by atoms with Crippen molar-refractivity contribution in [3.63, 3.8) is 0 Å². The molecule has 2 rings (SSSR count). The quantitative estimate of drug-likeness (QED) is 0.506. The summed E-state index contributed by atoms with van der Waals surface area (Å²) in [5.74, 6) is 0. The minimum atomic E-state index is 0. The fourth-order valence-electron chi connectivity index (χ4n) is 1.88. The average molecular weight is 266 g/mol. The van der Waals surface area contributed by atoms with Crippen LogP contribution in [0.1, 0.15) is 31.7 Å². The van der Waals surface area contributed by atoms with Crippen LogP contribution in [0.15, 0.2) is 43.0 Å². The van der Waals surface area contributed by atoms with Crippen molar-refractivity contribution in [2.45, 2.75) is 39.3 Å². The van der Waals surface area contributed by atoms with Crippen LogP contribution in [-0.4, -0.2) is 9.78 Å². The van der Waals surface area contributed by atoms with Crippen LogP contribution in [0.5, 0.6) is 0 Å². The van der Waals surface area contributed by atoms with Crippen molar-refractivity contribution >= 4 is 0 Å². The summed E-state index contributed by atoms with van der Waals surface area (Å²) in [4.78, 5) is 0. The van der Waals surface area contributed by atoms with Gasteiger partial charge in [0.2, 0.25) is 6.33 Å². The number of rotatable bonds is 6. The zero-order valence-electron chi connectivity index (χ0n) is 10.8. The number of aryl methyl sites for hydroxylation is 1. The molecule has 3 nitrogen and oxygen atoms in total. The highest BCUT2D eigenvalue weighted by atomic mass is 35.5. The smallest absolute Gasteiger partial charge is 0.265 e. The van der Waals surface area contributed by atoms with Gasteiger partial charge in [-0.2, -0.15) is 0 Å². The van der Waals surface area contributed by atoms with Gasteiger partial charge in [0.25, 0.3) is 6.33 Å². The first-order chi connectivity index (χ1) is 8.38. The summed E-state index contributed by atoms with van der Waals surface area (Å²) in [5.41, 5.74) is 1.31. The summed E-state index contributed by atoms with van der Waals surface area (Å²) in [6.45, 7) is 4.14. The van der Waals surface area contributed by atoms with Crippen molar-refractivity contribution in [3.05, 3.63) is 48.5 Å². The van der Waals surface area contributed by atoms with Crippen LogP contribution in [0, 0.1) is 0 Å². The number of halogens is 1. The van der Waals surface area contributed by atoms with Crippen LogP contribution < -0.4 is 17.0 Å². The molecule has 1 aromatic carbocycles. The third-order valence-electron chi connectivity index (χ3n) is 2.83. The zero-order chi connectivity index (χ0) is 11.9. The normalized spacial score (nSPS) is 10.1. The fraction of sp³-hybridized carbons (Fsp3) is 0.429. The van der Waals surface area contributed by atoms with E-state index >= 15 is 0 Å². The summed E-state index contributed by atoms with van der Waals surface area (Å²) in [6, 6.07) is 10.5. The summed E-state index contributed by atoms with van der Waals surface area (Å²) in [7, 11) is 0. The highest BCUT2D eigenvalue weighted by Gasteiger charge is 2.05. The molecule has 1 heterocycles. The number of unbranched alkanes of at least 4 members (excludes halogenated alkanes) is 2. The predicted molar refractivity (Wildman–Crippen MR) is 67.5 cm³/mol. The zero-order valence-corrected chi connectivity index (χ0v) is 11.6. The lowest BCUT2D eigenvalue weighted by molar-refractivity contribution is -0.689. The van der Waals surface area contributed by atoms with E-state index in [1.54, 1.807) is 0 Å². The van der Waals surface area contributed by atoms with Crippen LogP contribution in [-0.2, 0) is 13.1 Å². The third-order valence-corrected chi connectivity index (χ3v) is 2.83. The van der Waals surface area contributed by atoms with Gasteiger partial charge < -0.3 is 12.4 Å². The number of hydrogen-bond acceptors (Lipinski definition) is 1. The van der Waals surface area contributed by atoms with E-state index in [9.17, 15) is 0 Å². The molecule has 98 valence electrons. The standard InChI is InChI=1S/C14H20N3.ClH/c1-2-3-7-10-17-13-16(12-15-17)11-14-8-5-4-6-9-14;/h4-6,8-9,12-13H,2-3,7,10-11H2,1H3;1H/q+1;/p-1. The first-order valence-corrected chi connectivity index (χ1v) is 6.34. The highest BCUT2D eigenvalue weighted by molar-refractivity contribution is 5.13. The molecular weight excluding hydrogens is 246 g/mol. The van der Waals surface area contributed by atoms with Gasteiger partial charge in [-0.05, 0) is 12.0 Å². The minimum absolute atomic E-state index is 0. The molecule has 0 radical (unpaired) electrons. The molecule has 4 heteroatoms. The van der Waals surface area contributed by atoms with Crippen LogP contribution in [0.4, 0.5) is 0 Å². The molecule has 0 aliphatic rings. The lowest BCUT2D eigenvalue weighted by atomic mass is 10.2. The maximum absolute atomic E-state index is 4.36. The van der Waals surface area contributed by atoms with E-state index < -0.39 is 0 Å². The van der Waals surface area contributed by atoms with Crippen molar-refractivity contribution < 1.29 is 17.0 Å². The van der Waals surface area contributed by atoms with Crippen molar-refractivity contribution in [1.82, 2.24) is 9.78 Å². The molecule has 0 aliphatic carbocycles. The third kappa shape index (κ3) is 4.49. The average Bonchev–Trinajstić information content (AvgIpc) is 2.79. The molecular formula is C14H20ClN3. The molecule has 0 unspecified atom stereocenters. The Balaban J connectivity index is 0.00000162. The van der Waals surface area contributed by atoms with Crippen molar-refractivity contribution in [2.75, 3.05) is 0 Å². The van der Waals surface area contributed by atoms with Crippen molar-refractivity contribution in [3.8, 4) is 0 Å². The van der Waals surface area contributed by atoms with Gasteiger partial charge in [-0.3, -0.25) is 0 Å². The molecule has 0 saturated heterocycles. The van der Waals surface area contributed by atoms with Gasteiger partial charge in [-0.1, -0.05) is 50.1 Å². The molecule has 0 atom stereocenters. The van der Waals surface area contributed by atoms with Crippen molar-refractivity contribution in [1.29, 1.82) is 0 Å². The number of hydrogen-bond donors (Lipinski definition) is 0. The van der Waals surface area contributed by atoms with Gasteiger partial charge in [-0.15, -0.1) is 4.68 Å². The minimum Gasteiger partial charge on any atom is -1.00 e. The number of aromatic nitrogens is 3. The summed E-state index contributed by atoms with van der Waals surface area (Å²) in [5, 5.41) is 4.36. The molecule has 0 fully saturated rings. The van der Waals surface area contributed by atoms with E-state index in [1.807, 2.05) is 17.1 Å². The number of nitrogens with zero attached hydrogens (tertiary/aromatic N) is 3. The Kier molecular flexibility index (Phi) is 6.44. The molecule has 2 aromatic rings. The second-order valence-electron chi connectivity index (χ2n) is 4.37. The van der Waals surface area contributed by atoms with Gasteiger partial charge >= 0.3 is 0 Å². The second-order valence-corrected chi connectivity index (χ2v) is 4.37. The maximum Gasteiger partial charge on any atom is 0.265 e. The molecule has 0 bridgehead atoms. The van der Waals surface area contributed by atoms with Crippen LogP contribution in [0.25, 0.3) is 0 Å². The van der Waals surface area contributed by atoms with Gasteiger partial charge in [0.15, 0.2) is 0 Å². The Hall–Kier alpha value is -1.35. The summed E-state index contributed by atoms with van der Waals surface area (Å²) < 4.78 is 4.15. The van der Waals surface area contributed by atoms with Crippen LogP contribution in [0.3, 0.4) is 0 Å². The van der Waals surface area contributed by atoms with E-state index in [4.69, 9.17) is 0 Å². The van der Waals surface area contributed by atoms with E-state index in [0.717, 1.165) is 13.1 Å². The topological polar surface area (TPSA) is 21.7 Å². The van der Waals surface area contributed by atoms with E-state index in [-0.39, 0.29) is 12.4 Å².